The molecule has 0 bridgehead atoms. The fraction of sp³-hybridized carbons (Fsp3) is 0.143. The minimum atomic E-state index is -0.0397. The zero-order valence-corrected chi connectivity index (χ0v) is 17.6. The molecule has 28 heavy (non-hydrogen) atoms. The van der Waals surface area contributed by atoms with Crippen molar-refractivity contribution in [2.45, 2.75) is 12.8 Å². The molecule has 2 aromatic carbocycles. The number of rotatable bonds is 6. The van der Waals surface area contributed by atoms with Crippen LogP contribution in [0.15, 0.2) is 58.5 Å². The van der Waals surface area contributed by atoms with E-state index in [0.29, 0.717) is 18.0 Å². The van der Waals surface area contributed by atoms with Gasteiger partial charge in [0.1, 0.15) is 5.75 Å². The van der Waals surface area contributed by atoms with Gasteiger partial charge in [-0.05, 0) is 52.2 Å². The molecule has 4 rings (SSSR count). The normalized spacial score (nSPS) is 10.9. The van der Waals surface area contributed by atoms with Crippen LogP contribution in [0.3, 0.4) is 0 Å². The second kappa shape index (κ2) is 8.16. The molecule has 142 valence electrons. The first-order chi connectivity index (χ1) is 13.6. The molecule has 0 fully saturated rings. The number of H-pyrrole nitrogens is 1. The third-order valence-electron chi connectivity index (χ3n) is 4.49. The molecule has 0 aliphatic rings. The van der Waals surface area contributed by atoms with Gasteiger partial charge in [-0.1, -0.05) is 18.2 Å². The topological polar surface area (TPSA) is 67.0 Å². The third kappa shape index (κ3) is 3.95. The number of ether oxygens (including phenoxy) is 1. The van der Waals surface area contributed by atoms with Crippen LogP contribution in [0.1, 0.15) is 12.0 Å². The van der Waals surface area contributed by atoms with Crippen molar-refractivity contribution in [2.24, 2.45) is 0 Å². The van der Waals surface area contributed by atoms with Crippen molar-refractivity contribution in [3.8, 4) is 17.0 Å². The molecule has 2 N–H and O–H groups in total. The number of para-hydroxylation sites is 1. The Morgan fingerprint density at radius 2 is 2.14 bits per heavy atom. The predicted molar refractivity (Wildman–Crippen MR) is 117 cm³/mol. The lowest BCUT2D eigenvalue weighted by molar-refractivity contribution is -0.116. The molecule has 5 nitrogen and oxygen atoms in total. The Balaban J connectivity index is 1.39. The number of thiazole rings is 1. The molecule has 0 unspecified atom stereocenters. The first-order valence-electron chi connectivity index (χ1n) is 8.78. The maximum Gasteiger partial charge on any atom is 0.226 e. The number of anilines is 1. The molecule has 0 radical (unpaired) electrons. The Kier molecular flexibility index (Phi) is 5.45. The van der Waals surface area contributed by atoms with Gasteiger partial charge in [-0.3, -0.25) is 4.79 Å². The number of methoxy groups -OCH3 is 1. The Bertz CT molecular complexity index is 1140. The number of carbonyl (C=O) groups excluding carboxylic acids is 1. The molecular weight excluding hydrogens is 438 g/mol. The first kappa shape index (κ1) is 18.7. The van der Waals surface area contributed by atoms with Crippen LogP contribution in [-0.4, -0.2) is 23.0 Å². The highest BCUT2D eigenvalue weighted by molar-refractivity contribution is 9.10. The Hall–Kier alpha value is -2.64. The van der Waals surface area contributed by atoms with Crippen LogP contribution in [0.25, 0.3) is 22.2 Å². The summed E-state index contributed by atoms with van der Waals surface area (Å²) < 4.78 is 6.12. The number of carbonyl (C=O) groups is 1. The quantitative estimate of drug-likeness (QED) is 0.395. The number of amides is 1. The molecular formula is C21H18BrN3O2S. The van der Waals surface area contributed by atoms with E-state index in [4.69, 9.17) is 4.74 Å². The zero-order valence-electron chi connectivity index (χ0n) is 15.2. The summed E-state index contributed by atoms with van der Waals surface area (Å²) in [5, 5.41) is 6.60. The number of fused-ring (bicyclic) bond motifs is 1. The van der Waals surface area contributed by atoms with E-state index >= 15 is 0 Å². The van der Waals surface area contributed by atoms with E-state index < -0.39 is 0 Å². The van der Waals surface area contributed by atoms with E-state index in [0.717, 1.165) is 37.9 Å². The van der Waals surface area contributed by atoms with Gasteiger partial charge < -0.3 is 15.0 Å². The summed E-state index contributed by atoms with van der Waals surface area (Å²) in [6.45, 7) is 0. The minimum absolute atomic E-state index is 0.0397. The molecule has 7 heteroatoms. The van der Waals surface area contributed by atoms with E-state index in [-0.39, 0.29) is 5.91 Å². The van der Waals surface area contributed by atoms with Crippen molar-refractivity contribution in [3.05, 3.63) is 64.1 Å². The van der Waals surface area contributed by atoms with Gasteiger partial charge in [-0.2, -0.15) is 0 Å². The van der Waals surface area contributed by atoms with Crippen molar-refractivity contribution in [1.29, 1.82) is 0 Å². The molecule has 0 aliphatic carbocycles. The van der Waals surface area contributed by atoms with E-state index in [1.54, 1.807) is 7.11 Å². The van der Waals surface area contributed by atoms with Crippen LogP contribution in [0.2, 0.25) is 0 Å². The molecule has 0 atom stereocenters. The van der Waals surface area contributed by atoms with Gasteiger partial charge in [0.2, 0.25) is 5.91 Å². The average molecular weight is 456 g/mol. The average Bonchev–Trinajstić information content (AvgIpc) is 3.33. The second-order valence-electron chi connectivity index (χ2n) is 6.29. The van der Waals surface area contributed by atoms with Crippen LogP contribution >= 0.6 is 27.3 Å². The smallest absolute Gasteiger partial charge is 0.226 e. The van der Waals surface area contributed by atoms with Crippen molar-refractivity contribution >= 4 is 49.2 Å². The van der Waals surface area contributed by atoms with Gasteiger partial charge in [0.15, 0.2) is 5.13 Å². The first-order valence-corrected chi connectivity index (χ1v) is 10.5. The number of halogens is 1. The lowest BCUT2D eigenvalue weighted by atomic mass is 10.1. The number of aromatic amines is 1. The fourth-order valence-corrected chi connectivity index (χ4v) is 4.33. The molecule has 0 saturated heterocycles. The maximum atomic E-state index is 12.3. The molecule has 2 aromatic heterocycles. The van der Waals surface area contributed by atoms with E-state index in [9.17, 15) is 4.79 Å². The van der Waals surface area contributed by atoms with E-state index in [1.807, 2.05) is 48.0 Å². The van der Waals surface area contributed by atoms with E-state index in [1.165, 1.54) is 11.3 Å². The van der Waals surface area contributed by atoms with Crippen LogP contribution in [0.5, 0.6) is 5.75 Å². The summed E-state index contributed by atoms with van der Waals surface area (Å²) in [7, 11) is 1.63. The largest absolute Gasteiger partial charge is 0.496 e. The standard InChI is InChI=1S/C21H18BrN3O2S/c1-27-19-8-6-13(10-16(19)22)18-12-28-21(24-18)25-20(26)9-7-14-11-23-17-5-3-2-4-15(14)17/h2-6,8,10-12,23H,7,9H2,1H3,(H,24,25,26). The summed E-state index contributed by atoms with van der Waals surface area (Å²) >= 11 is 4.91. The lowest BCUT2D eigenvalue weighted by Crippen LogP contribution is -2.12. The van der Waals surface area contributed by atoms with Crippen molar-refractivity contribution < 1.29 is 9.53 Å². The van der Waals surface area contributed by atoms with E-state index in [2.05, 4.69) is 37.3 Å². The van der Waals surface area contributed by atoms with Gasteiger partial charge in [-0.25, -0.2) is 4.98 Å². The third-order valence-corrected chi connectivity index (χ3v) is 5.87. The molecule has 0 saturated carbocycles. The summed E-state index contributed by atoms with van der Waals surface area (Å²) in [6.07, 6.45) is 3.06. The second-order valence-corrected chi connectivity index (χ2v) is 8.01. The minimum Gasteiger partial charge on any atom is -0.496 e. The molecule has 1 amide bonds. The number of aryl methyl sites for hydroxylation is 1. The summed E-state index contributed by atoms with van der Waals surface area (Å²) in [6, 6.07) is 13.9. The monoisotopic (exact) mass is 455 g/mol. The number of nitrogens with one attached hydrogen (secondary N) is 2. The molecule has 0 spiro atoms. The Labute approximate surface area is 174 Å². The van der Waals surface area contributed by atoms with Crippen molar-refractivity contribution in [3.63, 3.8) is 0 Å². The highest BCUT2D eigenvalue weighted by Gasteiger charge is 2.11. The van der Waals surface area contributed by atoms with Gasteiger partial charge in [0, 0.05) is 34.5 Å². The van der Waals surface area contributed by atoms with Gasteiger partial charge in [0.25, 0.3) is 0 Å². The van der Waals surface area contributed by atoms with Crippen LogP contribution in [0, 0.1) is 0 Å². The summed E-state index contributed by atoms with van der Waals surface area (Å²) in [4.78, 5) is 20.1. The Morgan fingerprint density at radius 3 is 2.96 bits per heavy atom. The molecule has 0 aliphatic heterocycles. The van der Waals surface area contributed by atoms with Crippen LogP contribution in [-0.2, 0) is 11.2 Å². The predicted octanol–water partition coefficient (Wildman–Crippen LogP) is 5.63. The van der Waals surface area contributed by atoms with Crippen LogP contribution in [0.4, 0.5) is 5.13 Å². The molecule has 4 aromatic rings. The highest BCUT2D eigenvalue weighted by atomic mass is 79.9. The van der Waals surface area contributed by atoms with Gasteiger partial charge >= 0.3 is 0 Å². The number of hydrogen-bond donors (Lipinski definition) is 2. The van der Waals surface area contributed by atoms with Crippen molar-refractivity contribution in [2.75, 3.05) is 12.4 Å². The maximum absolute atomic E-state index is 12.3. The van der Waals surface area contributed by atoms with Gasteiger partial charge in [-0.15, -0.1) is 11.3 Å². The SMILES string of the molecule is COc1ccc(-c2csc(NC(=O)CCc3c[nH]c4ccccc34)n2)cc1Br. The number of aromatic nitrogens is 2. The summed E-state index contributed by atoms with van der Waals surface area (Å²) in [5.74, 6) is 0.729. The Morgan fingerprint density at radius 1 is 1.29 bits per heavy atom. The number of nitrogens with zero attached hydrogens (tertiary/aromatic N) is 1. The van der Waals surface area contributed by atoms with Gasteiger partial charge in [0.05, 0.1) is 17.3 Å². The summed E-state index contributed by atoms with van der Waals surface area (Å²) in [5.41, 5.74) is 4.02. The molecule has 2 heterocycles. The lowest BCUT2D eigenvalue weighted by Gasteiger charge is -2.04. The number of hydrogen-bond acceptors (Lipinski definition) is 4. The zero-order chi connectivity index (χ0) is 19.5. The highest BCUT2D eigenvalue weighted by Crippen LogP contribution is 2.32. The van der Waals surface area contributed by atoms with Crippen molar-refractivity contribution in [1.82, 2.24) is 9.97 Å². The fourth-order valence-electron chi connectivity index (χ4n) is 3.06. The number of benzene rings is 2. The van der Waals surface area contributed by atoms with Crippen LogP contribution < -0.4 is 10.1 Å².